The van der Waals surface area contributed by atoms with Crippen LogP contribution >= 0.6 is 23.2 Å². The first-order chi connectivity index (χ1) is 13.3. The Kier molecular flexibility index (Phi) is 6.37. The molecule has 0 aliphatic carbocycles. The summed E-state index contributed by atoms with van der Waals surface area (Å²) in [5.41, 5.74) is 2.56. The summed E-state index contributed by atoms with van der Waals surface area (Å²) in [5, 5.41) is 3.04. The van der Waals surface area contributed by atoms with Gasteiger partial charge in [-0.25, -0.2) is 9.37 Å². The van der Waals surface area contributed by atoms with Crippen LogP contribution in [0.5, 0.6) is 0 Å². The smallest absolute Gasteiger partial charge is 0.220 e. The van der Waals surface area contributed by atoms with E-state index in [0.717, 1.165) is 11.1 Å². The zero-order chi connectivity index (χ0) is 20.3. The van der Waals surface area contributed by atoms with Crippen LogP contribution in [-0.4, -0.2) is 10.9 Å². The van der Waals surface area contributed by atoms with Crippen molar-refractivity contribution in [3.8, 4) is 11.3 Å². The van der Waals surface area contributed by atoms with Crippen LogP contribution in [0.2, 0.25) is 10.0 Å². The van der Waals surface area contributed by atoms with Gasteiger partial charge in [0, 0.05) is 23.4 Å². The molecule has 0 fully saturated rings. The van der Waals surface area contributed by atoms with Crippen molar-refractivity contribution in [1.29, 1.82) is 0 Å². The summed E-state index contributed by atoms with van der Waals surface area (Å²) in [5.74, 6) is 0.348. The number of hydrogen-bond acceptors (Lipinski definition) is 3. The number of aryl methyl sites for hydroxylation is 2. The monoisotopic (exact) mass is 420 g/mol. The molecule has 2 aromatic carbocycles. The maximum atomic E-state index is 13.7. The predicted octanol–water partition coefficient (Wildman–Crippen LogP) is 5.91. The molecule has 1 N–H and O–H groups in total. The molecule has 0 aliphatic rings. The second kappa shape index (κ2) is 8.76. The van der Waals surface area contributed by atoms with Crippen molar-refractivity contribution in [1.82, 2.24) is 10.3 Å². The maximum Gasteiger partial charge on any atom is 0.220 e. The highest BCUT2D eigenvalue weighted by Gasteiger charge is 2.16. The van der Waals surface area contributed by atoms with Crippen LogP contribution in [0.15, 0.2) is 47.0 Å². The third-order valence-corrected chi connectivity index (χ3v) is 4.96. The number of amides is 1. The first-order valence-electron chi connectivity index (χ1n) is 8.79. The van der Waals surface area contributed by atoms with Crippen LogP contribution in [0.1, 0.15) is 36.4 Å². The van der Waals surface area contributed by atoms with E-state index in [2.05, 4.69) is 10.3 Å². The number of carbonyl (C=O) groups excluding carboxylic acids is 1. The fourth-order valence-electron chi connectivity index (χ4n) is 2.76. The van der Waals surface area contributed by atoms with Crippen LogP contribution in [0.4, 0.5) is 4.39 Å². The SMILES string of the molecule is Cc1ccc(-c2cnc(CCC(=O)NC(C)c3cc(F)c(Cl)cc3Cl)o2)cc1. The molecule has 1 atom stereocenters. The first kappa shape index (κ1) is 20.4. The summed E-state index contributed by atoms with van der Waals surface area (Å²) >= 11 is 11.8. The van der Waals surface area contributed by atoms with Gasteiger partial charge in [-0.2, -0.15) is 0 Å². The summed E-state index contributed by atoms with van der Waals surface area (Å²) in [6.07, 6.45) is 2.19. The van der Waals surface area contributed by atoms with Crippen molar-refractivity contribution >= 4 is 29.1 Å². The number of nitrogens with zero attached hydrogens (tertiary/aromatic N) is 1. The molecule has 3 aromatic rings. The van der Waals surface area contributed by atoms with Crippen molar-refractivity contribution in [3.05, 3.63) is 75.5 Å². The van der Waals surface area contributed by atoms with Gasteiger partial charge in [0.1, 0.15) is 5.82 Å². The van der Waals surface area contributed by atoms with Crippen LogP contribution in [0.25, 0.3) is 11.3 Å². The van der Waals surface area contributed by atoms with Gasteiger partial charge in [0.25, 0.3) is 0 Å². The van der Waals surface area contributed by atoms with Crippen molar-refractivity contribution in [2.75, 3.05) is 0 Å². The molecule has 1 aromatic heterocycles. The second-order valence-electron chi connectivity index (χ2n) is 6.56. The molecule has 0 saturated carbocycles. The lowest BCUT2D eigenvalue weighted by atomic mass is 10.1. The number of hydrogen-bond donors (Lipinski definition) is 1. The highest BCUT2D eigenvalue weighted by atomic mass is 35.5. The van der Waals surface area contributed by atoms with Gasteiger partial charge in [-0.3, -0.25) is 4.79 Å². The molecule has 4 nitrogen and oxygen atoms in total. The van der Waals surface area contributed by atoms with Gasteiger partial charge in [0.2, 0.25) is 5.91 Å². The molecule has 0 bridgehead atoms. The molecule has 0 radical (unpaired) electrons. The minimum Gasteiger partial charge on any atom is -0.441 e. The van der Waals surface area contributed by atoms with Gasteiger partial charge in [-0.1, -0.05) is 53.0 Å². The number of halogens is 3. The molecule has 1 amide bonds. The minimum atomic E-state index is -0.578. The Bertz CT molecular complexity index is 987. The standard InChI is InChI=1S/C21H19Cl2FN2O2/c1-12-3-5-14(6-4-12)19-11-25-21(28-19)8-7-20(27)26-13(2)15-9-18(24)17(23)10-16(15)22/h3-6,9-11,13H,7-8H2,1-2H3,(H,26,27). The zero-order valence-corrected chi connectivity index (χ0v) is 16.9. The van der Waals surface area contributed by atoms with Crippen LogP contribution < -0.4 is 5.32 Å². The Labute approximate surface area is 172 Å². The highest BCUT2D eigenvalue weighted by molar-refractivity contribution is 6.35. The maximum absolute atomic E-state index is 13.7. The molecular weight excluding hydrogens is 402 g/mol. The molecule has 28 heavy (non-hydrogen) atoms. The van der Waals surface area contributed by atoms with E-state index in [-0.39, 0.29) is 17.4 Å². The topological polar surface area (TPSA) is 55.1 Å². The van der Waals surface area contributed by atoms with Crippen molar-refractivity contribution in [2.45, 2.75) is 32.7 Å². The molecule has 1 heterocycles. The van der Waals surface area contributed by atoms with E-state index in [1.165, 1.54) is 12.1 Å². The van der Waals surface area contributed by atoms with Gasteiger partial charge in [0.05, 0.1) is 17.3 Å². The first-order valence-corrected chi connectivity index (χ1v) is 9.54. The van der Waals surface area contributed by atoms with Gasteiger partial charge < -0.3 is 9.73 Å². The van der Waals surface area contributed by atoms with Gasteiger partial charge >= 0.3 is 0 Å². The third kappa shape index (κ3) is 4.91. The largest absolute Gasteiger partial charge is 0.441 e. The van der Waals surface area contributed by atoms with Crippen LogP contribution in [-0.2, 0) is 11.2 Å². The Morgan fingerprint density at radius 1 is 1.21 bits per heavy atom. The summed E-state index contributed by atoms with van der Waals surface area (Å²) in [4.78, 5) is 16.5. The Morgan fingerprint density at radius 3 is 2.64 bits per heavy atom. The van der Waals surface area contributed by atoms with E-state index in [1.54, 1.807) is 13.1 Å². The lowest BCUT2D eigenvalue weighted by Gasteiger charge is -2.16. The average Bonchev–Trinajstić information content (AvgIpc) is 3.12. The number of benzene rings is 2. The van der Waals surface area contributed by atoms with E-state index >= 15 is 0 Å². The number of carbonyl (C=O) groups is 1. The lowest BCUT2D eigenvalue weighted by Crippen LogP contribution is -2.27. The van der Waals surface area contributed by atoms with Gasteiger partial charge in [-0.15, -0.1) is 0 Å². The number of nitrogens with one attached hydrogen (secondary N) is 1. The Hall–Kier alpha value is -2.37. The summed E-state index contributed by atoms with van der Waals surface area (Å²) in [7, 11) is 0. The highest BCUT2D eigenvalue weighted by Crippen LogP contribution is 2.28. The summed E-state index contributed by atoms with van der Waals surface area (Å²) in [6, 6.07) is 10.0. The number of oxazole rings is 1. The third-order valence-electron chi connectivity index (χ3n) is 4.34. The van der Waals surface area contributed by atoms with E-state index in [9.17, 15) is 9.18 Å². The molecule has 146 valence electrons. The Balaban J connectivity index is 1.57. The van der Waals surface area contributed by atoms with Gasteiger partial charge in [0.15, 0.2) is 11.7 Å². The average molecular weight is 421 g/mol. The summed E-state index contributed by atoms with van der Waals surface area (Å²) in [6.45, 7) is 3.74. The normalized spacial score (nSPS) is 12.0. The number of rotatable bonds is 6. The second-order valence-corrected chi connectivity index (χ2v) is 7.38. The van der Waals surface area contributed by atoms with Crippen molar-refractivity contribution in [2.24, 2.45) is 0 Å². The van der Waals surface area contributed by atoms with E-state index in [1.807, 2.05) is 31.2 Å². The fraction of sp³-hybridized carbons (Fsp3) is 0.238. The van der Waals surface area contributed by atoms with E-state index < -0.39 is 11.9 Å². The number of aromatic nitrogens is 1. The van der Waals surface area contributed by atoms with Crippen LogP contribution in [0, 0.1) is 12.7 Å². The quantitative estimate of drug-likeness (QED) is 0.504. The molecule has 1 unspecified atom stereocenters. The molecule has 0 saturated heterocycles. The summed E-state index contributed by atoms with van der Waals surface area (Å²) < 4.78 is 19.4. The van der Waals surface area contributed by atoms with E-state index in [4.69, 9.17) is 27.6 Å². The molecular formula is C21H19Cl2FN2O2. The molecule has 3 rings (SSSR count). The van der Waals surface area contributed by atoms with Crippen LogP contribution in [0.3, 0.4) is 0 Å². The lowest BCUT2D eigenvalue weighted by molar-refractivity contribution is -0.121. The Morgan fingerprint density at radius 2 is 1.93 bits per heavy atom. The van der Waals surface area contributed by atoms with Crippen molar-refractivity contribution < 1.29 is 13.6 Å². The predicted molar refractivity (Wildman–Crippen MR) is 108 cm³/mol. The van der Waals surface area contributed by atoms with Crippen molar-refractivity contribution in [3.63, 3.8) is 0 Å². The zero-order valence-electron chi connectivity index (χ0n) is 15.4. The van der Waals surface area contributed by atoms with E-state index in [0.29, 0.717) is 28.7 Å². The van der Waals surface area contributed by atoms with Gasteiger partial charge in [-0.05, 0) is 31.5 Å². The fourth-order valence-corrected chi connectivity index (χ4v) is 3.31. The molecule has 7 heteroatoms. The molecule has 0 aliphatic heterocycles. The molecule has 0 spiro atoms. The minimum absolute atomic E-state index is 0.0550.